The topological polar surface area (TPSA) is 81.6 Å². The summed E-state index contributed by atoms with van der Waals surface area (Å²) in [5.74, 6) is 0.690. The van der Waals surface area contributed by atoms with E-state index in [2.05, 4.69) is 20.2 Å². The first-order valence-corrected chi connectivity index (χ1v) is 13.9. The van der Waals surface area contributed by atoms with Gasteiger partial charge in [-0.3, -0.25) is 4.79 Å². The van der Waals surface area contributed by atoms with E-state index in [-0.39, 0.29) is 23.4 Å². The Morgan fingerprint density at radius 1 is 1.18 bits per heavy atom. The van der Waals surface area contributed by atoms with Gasteiger partial charge in [-0.15, -0.1) is 0 Å². The molecular weight excluding hydrogens is 535 g/mol. The number of hydrogen-bond acceptors (Lipinski definition) is 6. The minimum Gasteiger partial charge on any atom is -0.481 e. The largest absolute Gasteiger partial charge is 0.481 e. The number of alkyl halides is 2. The van der Waals surface area contributed by atoms with Crippen molar-refractivity contribution in [3.05, 3.63) is 45.6 Å². The summed E-state index contributed by atoms with van der Waals surface area (Å²) in [7, 11) is 0. The number of anilines is 2. The molecule has 0 spiro atoms. The summed E-state index contributed by atoms with van der Waals surface area (Å²) in [6, 6.07) is 5.29. The summed E-state index contributed by atoms with van der Waals surface area (Å²) in [5.41, 5.74) is 0.0325. The number of carboxylic acids is 1. The minimum atomic E-state index is -2.67. The van der Waals surface area contributed by atoms with Crippen LogP contribution in [-0.2, 0) is 4.79 Å². The zero-order chi connectivity index (χ0) is 27.2. The van der Waals surface area contributed by atoms with Crippen LogP contribution in [0.15, 0.2) is 24.4 Å². The van der Waals surface area contributed by atoms with Crippen molar-refractivity contribution in [2.45, 2.75) is 58.0 Å². The lowest BCUT2D eigenvalue weighted by Crippen LogP contribution is -2.58. The number of likely N-dealkylation sites (tertiary alicyclic amines) is 1. The van der Waals surface area contributed by atoms with Crippen molar-refractivity contribution in [2.24, 2.45) is 17.3 Å². The van der Waals surface area contributed by atoms with Crippen molar-refractivity contribution in [1.82, 2.24) is 14.9 Å². The molecule has 1 aliphatic carbocycles. The lowest BCUT2D eigenvalue weighted by molar-refractivity contribution is -0.158. The molecule has 7 nitrogen and oxygen atoms in total. The van der Waals surface area contributed by atoms with Crippen LogP contribution < -0.4 is 10.2 Å². The van der Waals surface area contributed by atoms with Crippen LogP contribution in [0.4, 0.5) is 20.5 Å². The molecule has 2 aliphatic heterocycles. The van der Waals surface area contributed by atoms with Gasteiger partial charge in [0.25, 0.3) is 6.43 Å². The normalized spacial score (nSPS) is 27.1. The quantitative estimate of drug-likeness (QED) is 0.387. The lowest BCUT2D eigenvalue weighted by Gasteiger charge is -2.52. The van der Waals surface area contributed by atoms with Crippen LogP contribution in [0.5, 0.6) is 0 Å². The molecule has 1 aromatic carbocycles. The van der Waals surface area contributed by atoms with E-state index in [1.165, 1.54) is 6.20 Å². The predicted octanol–water partition coefficient (Wildman–Crippen LogP) is 6.30. The van der Waals surface area contributed by atoms with E-state index in [9.17, 15) is 18.7 Å². The van der Waals surface area contributed by atoms with Crippen molar-refractivity contribution in [2.75, 3.05) is 36.4 Å². The van der Waals surface area contributed by atoms with E-state index < -0.39 is 17.8 Å². The molecule has 2 aromatic rings. The van der Waals surface area contributed by atoms with Gasteiger partial charge in [0, 0.05) is 41.9 Å². The van der Waals surface area contributed by atoms with Crippen LogP contribution in [0.1, 0.15) is 63.1 Å². The van der Waals surface area contributed by atoms with Crippen molar-refractivity contribution in [3.63, 3.8) is 0 Å². The molecule has 5 rings (SSSR count). The van der Waals surface area contributed by atoms with E-state index in [0.29, 0.717) is 53.9 Å². The molecule has 2 saturated heterocycles. The summed E-state index contributed by atoms with van der Waals surface area (Å²) in [6.45, 7) is 7.01. The molecule has 0 unspecified atom stereocenters. The highest BCUT2D eigenvalue weighted by molar-refractivity contribution is 6.35. The average Bonchev–Trinajstić information content (AvgIpc) is 2.81. The zero-order valence-corrected chi connectivity index (χ0v) is 23.0. The number of carbonyl (C=O) groups is 1. The van der Waals surface area contributed by atoms with E-state index in [1.54, 1.807) is 12.1 Å². The predicted molar refractivity (Wildman–Crippen MR) is 144 cm³/mol. The van der Waals surface area contributed by atoms with E-state index in [0.717, 1.165) is 31.5 Å². The fourth-order valence-corrected chi connectivity index (χ4v) is 6.71. The molecule has 3 aliphatic rings. The zero-order valence-electron chi connectivity index (χ0n) is 21.5. The molecule has 2 N–H and O–H groups in total. The second-order valence-corrected chi connectivity index (χ2v) is 12.1. The second-order valence-electron chi connectivity index (χ2n) is 11.3. The van der Waals surface area contributed by atoms with Gasteiger partial charge in [0.15, 0.2) is 0 Å². The Bertz CT molecular complexity index is 1190. The highest BCUT2D eigenvalue weighted by Gasteiger charge is 2.49. The fourth-order valence-electron chi connectivity index (χ4n) is 6.14. The van der Waals surface area contributed by atoms with Gasteiger partial charge < -0.3 is 20.2 Å². The Labute approximate surface area is 231 Å². The van der Waals surface area contributed by atoms with Gasteiger partial charge in [-0.2, -0.15) is 4.98 Å². The van der Waals surface area contributed by atoms with Crippen LogP contribution in [0.3, 0.4) is 0 Å². The third kappa shape index (κ3) is 5.42. The maximum atomic E-state index is 13.8. The Kier molecular flexibility index (Phi) is 7.73. The summed E-state index contributed by atoms with van der Waals surface area (Å²) >= 11 is 12.3. The van der Waals surface area contributed by atoms with Gasteiger partial charge in [0.1, 0.15) is 5.82 Å². The molecule has 0 amide bonds. The SMILES string of the molecule is C[C@@H](Nc1ncc(C(F)F)c(N2CC([C@H]3CCCN(C4CC(C)(C(=O)O)C4)C3)C2)n1)c1ccc(Cl)cc1Cl. The maximum absolute atomic E-state index is 13.8. The molecule has 38 heavy (non-hydrogen) atoms. The monoisotopic (exact) mass is 567 g/mol. The van der Waals surface area contributed by atoms with Crippen LogP contribution >= 0.6 is 23.2 Å². The molecule has 2 atom stereocenters. The summed E-state index contributed by atoms with van der Waals surface area (Å²) in [6.07, 6.45) is 2.11. The van der Waals surface area contributed by atoms with E-state index in [1.807, 2.05) is 24.8 Å². The van der Waals surface area contributed by atoms with Crippen LogP contribution in [0.25, 0.3) is 0 Å². The first kappa shape index (κ1) is 27.3. The van der Waals surface area contributed by atoms with Crippen LogP contribution in [0.2, 0.25) is 10.0 Å². The van der Waals surface area contributed by atoms with Crippen molar-refractivity contribution < 1.29 is 18.7 Å². The summed E-state index contributed by atoms with van der Waals surface area (Å²) in [5, 5.41) is 13.7. The molecule has 1 aromatic heterocycles. The number of carboxylic acid groups (broad SMARTS) is 1. The molecule has 1 saturated carbocycles. The first-order chi connectivity index (χ1) is 18.0. The van der Waals surface area contributed by atoms with Gasteiger partial charge >= 0.3 is 5.97 Å². The molecule has 206 valence electrons. The molecular formula is C27H33Cl2F2N5O2. The third-order valence-electron chi connectivity index (χ3n) is 8.58. The smallest absolute Gasteiger partial charge is 0.309 e. The number of rotatable bonds is 8. The van der Waals surface area contributed by atoms with Crippen molar-refractivity contribution in [3.8, 4) is 0 Å². The van der Waals surface area contributed by atoms with Gasteiger partial charge in [-0.05, 0) is 75.6 Å². The standard InChI is InChI=1S/C27H33Cl2F2N5O2/c1-15(20-6-5-18(28)8-22(20)29)33-26-32-11-21(23(30)31)24(34-26)36-13-17(14-36)16-4-3-7-35(12-16)19-9-27(2,10-19)25(37)38/h5-6,8,11,15-17,19,23H,3-4,7,9-10,12-14H2,1-2H3,(H,37,38)(H,32,33,34)/t15-,16+,19?,27?/m1/s1. The Balaban J connectivity index is 1.22. The summed E-state index contributed by atoms with van der Waals surface area (Å²) in [4.78, 5) is 24.5. The number of hydrogen-bond donors (Lipinski definition) is 2. The number of halogens is 4. The Morgan fingerprint density at radius 2 is 1.92 bits per heavy atom. The van der Waals surface area contributed by atoms with Gasteiger partial charge in [0.2, 0.25) is 5.95 Å². The number of aliphatic carboxylic acids is 1. The average molecular weight is 568 g/mol. The van der Waals surface area contributed by atoms with Crippen molar-refractivity contribution in [1.29, 1.82) is 0 Å². The minimum absolute atomic E-state index is 0.168. The number of benzene rings is 1. The van der Waals surface area contributed by atoms with E-state index >= 15 is 0 Å². The molecule has 3 heterocycles. The highest BCUT2D eigenvalue weighted by atomic mass is 35.5. The van der Waals surface area contributed by atoms with Gasteiger partial charge in [0.05, 0.1) is 17.0 Å². The third-order valence-corrected chi connectivity index (χ3v) is 9.14. The lowest BCUT2D eigenvalue weighted by atomic mass is 9.65. The molecule has 3 fully saturated rings. The van der Waals surface area contributed by atoms with Gasteiger partial charge in [-0.1, -0.05) is 29.3 Å². The first-order valence-electron chi connectivity index (χ1n) is 13.1. The summed E-state index contributed by atoms with van der Waals surface area (Å²) < 4.78 is 27.7. The van der Waals surface area contributed by atoms with Gasteiger partial charge in [-0.25, -0.2) is 13.8 Å². The molecule has 0 bridgehead atoms. The fraction of sp³-hybridized carbons (Fsp3) is 0.593. The number of nitrogens with one attached hydrogen (secondary N) is 1. The Morgan fingerprint density at radius 3 is 2.58 bits per heavy atom. The van der Waals surface area contributed by atoms with Crippen LogP contribution in [-0.4, -0.2) is 58.2 Å². The maximum Gasteiger partial charge on any atom is 0.309 e. The number of aromatic nitrogens is 2. The highest BCUT2D eigenvalue weighted by Crippen LogP contribution is 2.45. The second kappa shape index (κ2) is 10.7. The molecule has 0 radical (unpaired) electrons. The van der Waals surface area contributed by atoms with Crippen molar-refractivity contribution >= 4 is 40.9 Å². The molecule has 11 heteroatoms. The van der Waals surface area contributed by atoms with Crippen LogP contribution in [0, 0.1) is 17.3 Å². The van der Waals surface area contributed by atoms with E-state index in [4.69, 9.17) is 23.2 Å². The number of nitrogens with zero attached hydrogens (tertiary/aromatic N) is 4. The number of piperidine rings is 1. The Hall–Kier alpha value is -2.23.